The van der Waals surface area contributed by atoms with Crippen molar-refractivity contribution in [2.24, 2.45) is 0 Å². The van der Waals surface area contributed by atoms with Crippen molar-refractivity contribution in [2.45, 2.75) is 39.8 Å². The Kier molecular flexibility index (Phi) is 6.65. The largest absolute Gasteiger partial charge is 0.481 e. The van der Waals surface area contributed by atoms with Crippen molar-refractivity contribution in [2.75, 3.05) is 0 Å². The Balaban J connectivity index is 1.88. The van der Waals surface area contributed by atoms with Gasteiger partial charge in [0.1, 0.15) is 6.54 Å². The van der Waals surface area contributed by atoms with Crippen LogP contribution in [0.5, 0.6) is 0 Å². The first kappa shape index (κ1) is 22.0. The predicted octanol–water partition coefficient (Wildman–Crippen LogP) is 3.17. The average Bonchev–Trinajstić information content (AvgIpc) is 2.69. The van der Waals surface area contributed by atoms with Gasteiger partial charge in [-0.25, -0.2) is 0 Å². The van der Waals surface area contributed by atoms with E-state index in [0.29, 0.717) is 5.56 Å². The fourth-order valence-corrected chi connectivity index (χ4v) is 3.61. The minimum atomic E-state index is -1.05. The van der Waals surface area contributed by atoms with Crippen LogP contribution in [0.25, 0.3) is 11.1 Å². The summed E-state index contributed by atoms with van der Waals surface area (Å²) in [5.41, 5.74) is 5.15. The molecule has 7 nitrogen and oxygen atoms in total. The zero-order valence-corrected chi connectivity index (χ0v) is 17.8. The number of aliphatic carboxylic acids is 1. The second kappa shape index (κ2) is 9.38. The number of pyridine rings is 2. The maximum Gasteiger partial charge on any atom is 0.305 e. The van der Waals surface area contributed by atoms with E-state index in [1.807, 2.05) is 38.1 Å². The van der Waals surface area contributed by atoms with Gasteiger partial charge in [-0.1, -0.05) is 18.2 Å². The molecule has 1 unspecified atom stereocenters. The fourth-order valence-electron chi connectivity index (χ4n) is 3.61. The third-order valence-corrected chi connectivity index (χ3v) is 5.11. The first-order valence-electron chi connectivity index (χ1n) is 9.94. The Morgan fingerprint density at radius 3 is 2.45 bits per heavy atom. The van der Waals surface area contributed by atoms with Gasteiger partial charge in [-0.3, -0.25) is 19.4 Å². The summed E-state index contributed by atoms with van der Waals surface area (Å²) in [6.07, 6.45) is 4.53. The van der Waals surface area contributed by atoms with Gasteiger partial charge in [0.2, 0.25) is 5.91 Å². The highest BCUT2D eigenvalue weighted by Crippen LogP contribution is 2.29. The van der Waals surface area contributed by atoms with E-state index in [1.165, 1.54) is 10.6 Å². The Hall–Kier alpha value is -3.74. The number of hydrogen-bond acceptors (Lipinski definition) is 4. The zero-order valence-electron chi connectivity index (χ0n) is 17.8. The van der Waals surface area contributed by atoms with Crippen molar-refractivity contribution in [3.8, 4) is 11.1 Å². The number of aryl methyl sites for hydroxylation is 3. The summed E-state index contributed by atoms with van der Waals surface area (Å²) in [5, 5.41) is 12.1. The summed E-state index contributed by atoms with van der Waals surface area (Å²) >= 11 is 0. The summed E-state index contributed by atoms with van der Waals surface area (Å²) in [6.45, 7) is 5.61. The molecule has 2 aromatic heterocycles. The maximum atomic E-state index is 12.6. The second-order valence-electron chi connectivity index (χ2n) is 7.66. The van der Waals surface area contributed by atoms with Gasteiger partial charge in [0.05, 0.1) is 12.5 Å². The van der Waals surface area contributed by atoms with Gasteiger partial charge in [-0.2, -0.15) is 0 Å². The molecular weight excluding hydrogens is 394 g/mol. The smallest absolute Gasteiger partial charge is 0.305 e. The molecular formula is C24H25N3O4. The van der Waals surface area contributed by atoms with E-state index in [2.05, 4.69) is 10.3 Å². The van der Waals surface area contributed by atoms with Crippen LogP contribution in [-0.4, -0.2) is 26.5 Å². The standard InChI is InChI=1S/C24H25N3O4/c1-15-7-8-27(22(29)9-15)14-21(28)26-20(11-23(30)31)18-10-19(13-25-12-18)24-16(2)5-4-6-17(24)3/h4-10,12-13,20H,11,14H2,1-3H3,(H,26,28)(H,30,31). The van der Waals surface area contributed by atoms with Gasteiger partial charge in [0.25, 0.3) is 5.56 Å². The van der Waals surface area contributed by atoms with Crippen LogP contribution in [0.2, 0.25) is 0 Å². The van der Waals surface area contributed by atoms with E-state index in [1.54, 1.807) is 31.6 Å². The minimum absolute atomic E-state index is 0.195. The molecule has 0 aliphatic rings. The molecule has 0 saturated heterocycles. The van der Waals surface area contributed by atoms with Gasteiger partial charge >= 0.3 is 5.97 Å². The number of hydrogen-bond donors (Lipinski definition) is 2. The van der Waals surface area contributed by atoms with E-state index in [9.17, 15) is 19.5 Å². The van der Waals surface area contributed by atoms with Crippen molar-refractivity contribution in [1.82, 2.24) is 14.9 Å². The predicted molar refractivity (Wildman–Crippen MR) is 118 cm³/mol. The molecule has 2 N–H and O–H groups in total. The van der Waals surface area contributed by atoms with E-state index in [0.717, 1.165) is 27.8 Å². The number of nitrogens with zero attached hydrogens (tertiary/aromatic N) is 2. The van der Waals surface area contributed by atoms with E-state index < -0.39 is 17.9 Å². The van der Waals surface area contributed by atoms with Crippen molar-refractivity contribution < 1.29 is 14.7 Å². The monoisotopic (exact) mass is 419 g/mol. The molecule has 1 amide bonds. The summed E-state index contributed by atoms with van der Waals surface area (Å²) in [4.78, 5) is 40.4. The molecule has 0 aliphatic heterocycles. The molecule has 3 rings (SSSR count). The van der Waals surface area contributed by atoms with Crippen LogP contribution in [0.3, 0.4) is 0 Å². The molecule has 3 aromatic rings. The van der Waals surface area contributed by atoms with Crippen LogP contribution in [0.15, 0.2) is 59.8 Å². The molecule has 1 atom stereocenters. The highest BCUT2D eigenvalue weighted by Gasteiger charge is 2.20. The lowest BCUT2D eigenvalue weighted by atomic mass is 9.94. The molecule has 0 fully saturated rings. The van der Waals surface area contributed by atoms with Gasteiger partial charge in [0, 0.05) is 30.2 Å². The van der Waals surface area contributed by atoms with Crippen LogP contribution in [-0.2, 0) is 16.1 Å². The van der Waals surface area contributed by atoms with Crippen LogP contribution in [0.1, 0.15) is 34.7 Å². The number of carbonyl (C=O) groups excluding carboxylic acids is 1. The van der Waals surface area contributed by atoms with Crippen LogP contribution >= 0.6 is 0 Å². The lowest BCUT2D eigenvalue weighted by molar-refractivity contribution is -0.137. The van der Waals surface area contributed by atoms with E-state index in [-0.39, 0.29) is 18.5 Å². The summed E-state index contributed by atoms with van der Waals surface area (Å²) in [5.74, 6) is -1.50. The minimum Gasteiger partial charge on any atom is -0.481 e. The quantitative estimate of drug-likeness (QED) is 0.613. The zero-order chi connectivity index (χ0) is 22.5. The SMILES string of the molecule is Cc1ccn(CC(=O)NC(CC(=O)O)c2cncc(-c3c(C)cccc3C)c2)c(=O)c1. The van der Waals surface area contributed by atoms with Crippen molar-refractivity contribution in [3.05, 3.63) is 87.6 Å². The fraction of sp³-hybridized carbons (Fsp3) is 0.250. The highest BCUT2D eigenvalue weighted by molar-refractivity contribution is 5.78. The number of carbonyl (C=O) groups is 2. The molecule has 1 aromatic carbocycles. The summed E-state index contributed by atoms with van der Waals surface area (Å²) < 4.78 is 1.28. The number of aromatic nitrogens is 2. The van der Waals surface area contributed by atoms with Gasteiger partial charge in [-0.05, 0) is 60.7 Å². The third-order valence-electron chi connectivity index (χ3n) is 5.11. The van der Waals surface area contributed by atoms with E-state index >= 15 is 0 Å². The Morgan fingerprint density at radius 1 is 1.10 bits per heavy atom. The number of nitrogens with one attached hydrogen (secondary N) is 1. The van der Waals surface area contributed by atoms with Crippen LogP contribution < -0.4 is 10.9 Å². The number of amides is 1. The van der Waals surface area contributed by atoms with E-state index in [4.69, 9.17) is 0 Å². The molecule has 2 heterocycles. The van der Waals surface area contributed by atoms with Crippen molar-refractivity contribution in [1.29, 1.82) is 0 Å². The maximum absolute atomic E-state index is 12.6. The summed E-state index contributed by atoms with van der Waals surface area (Å²) in [6, 6.07) is 10.2. The number of carboxylic acid groups (broad SMARTS) is 1. The average molecular weight is 419 g/mol. The van der Waals surface area contributed by atoms with Crippen LogP contribution in [0.4, 0.5) is 0 Å². The molecule has 160 valence electrons. The Bertz CT molecular complexity index is 1160. The highest BCUT2D eigenvalue weighted by atomic mass is 16.4. The molecule has 7 heteroatoms. The Morgan fingerprint density at radius 2 is 1.81 bits per heavy atom. The van der Waals surface area contributed by atoms with Gasteiger partial charge in [0.15, 0.2) is 0 Å². The molecule has 0 saturated carbocycles. The lowest BCUT2D eigenvalue weighted by Crippen LogP contribution is -2.35. The molecule has 0 spiro atoms. The molecule has 0 radical (unpaired) electrons. The molecule has 0 bridgehead atoms. The van der Waals surface area contributed by atoms with Crippen molar-refractivity contribution >= 4 is 11.9 Å². The van der Waals surface area contributed by atoms with Crippen LogP contribution in [0, 0.1) is 20.8 Å². The van der Waals surface area contributed by atoms with Gasteiger partial charge < -0.3 is 15.0 Å². The first-order chi connectivity index (χ1) is 14.7. The number of rotatable bonds is 7. The topological polar surface area (TPSA) is 101 Å². The lowest BCUT2D eigenvalue weighted by Gasteiger charge is -2.19. The third kappa shape index (κ3) is 5.45. The number of carboxylic acids is 1. The Labute approximate surface area is 180 Å². The van der Waals surface area contributed by atoms with Gasteiger partial charge in [-0.15, -0.1) is 0 Å². The summed E-state index contributed by atoms with van der Waals surface area (Å²) in [7, 11) is 0. The normalized spacial score (nSPS) is 11.7. The first-order valence-corrected chi connectivity index (χ1v) is 9.94. The molecule has 31 heavy (non-hydrogen) atoms. The molecule has 0 aliphatic carbocycles. The van der Waals surface area contributed by atoms with Crippen molar-refractivity contribution in [3.63, 3.8) is 0 Å². The number of benzene rings is 1. The second-order valence-corrected chi connectivity index (χ2v) is 7.66.